The molecule has 0 atom stereocenters. The summed E-state index contributed by atoms with van der Waals surface area (Å²) >= 11 is 0. The molecule has 1 fully saturated rings. The molecule has 1 saturated heterocycles. The van der Waals surface area contributed by atoms with E-state index >= 15 is 0 Å². The Morgan fingerprint density at radius 2 is 2.05 bits per heavy atom. The van der Waals surface area contributed by atoms with Crippen molar-refractivity contribution >= 4 is 15.9 Å². The Balaban J connectivity index is 1.91. The number of benzene rings is 1. The summed E-state index contributed by atoms with van der Waals surface area (Å²) in [6, 6.07) is 4.75. The maximum atomic E-state index is 13.1. The van der Waals surface area contributed by atoms with Crippen molar-refractivity contribution in [1.29, 1.82) is 0 Å². The third-order valence-electron chi connectivity index (χ3n) is 3.66. The molecular weight excluding hydrogens is 309 g/mol. The average molecular weight is 329 g/mol. The van der Waals surface area contributed by atoms with Gasteiger partial charge in [0.15, 0.2) is 0 Å². The Hall–Kier alpha value is -1.51. The van der Waals surface area contributed by atoms with Gasteiger partial charge in [0, 0.05) is 26.2 Å². The molecule has 1 amide bonds. The van der Waals surface area contributed by atoms with Crippen LogP contribution in [0.5, 0.6) is 0 Å². The van der Waals surface area contributed by atoms with E-state index in [2.05, 4.69) is 10.0 Å². The summed E-state index contributed by atoms with van der Waals surface area (Å²) in [5, 5.41) is 2.56. The maximum absolute atomic E-state index is 13.1. The van der Waals surface area contributed by atoms with E-state index in [-0.39, 0.29) is 16.8 Å². The van der Waals surface area contributed by atoms with E-state index in [4.69, 9.17) is 0 Å². The second kappa shape index (κ2) is 7.17. The van der Waals surface area contributed by atoms with Gasteiger partial charge in [0.25, 0.3) is 0 Å². The Morgan fingerprint density at radius 3 is 2.64 bits per heavy atom. The third-order valence-corrected chi connectivity index (χ3v) is 5.18. The number of carbonyl (C=O) groups excluding carboxylic acids is 1. The molecule has 122 valence electrons. The van der Waals surface area contributed by atoms with E-state index in [1.165, 1.54) is 18.2 Å². The number of hydrogen-bond acceptors (Lipinski definition) is 4. The van der Waals surface area contributed by atoms with Gasteiger partial charge in [0.05, 0.1) is 11.4 Å². The van der Waals surface area contributed by atoms with Crippen LogP contribution in [-0.4, -0.2) is 51.9 Å². The van der Waals surface area contributed by atoms with Gasteiger partial charge in [-0.05, 0) is 31.0 Å². The monoisotopic (exact) mass is 329 g/mol. The van der Waals surface area contributed by atoms with E-state index in [1.807, 2.05) is 4.90 Å². The number of amides is 1. The van der Waals surface area contributed by atoms with Gasteiger partial charge in [-0.25, -0.2) is 17.5 Å². The molecule has 2 N–H and O–H groups in total. The minimum absolute atomic E-state index is 0.0567. The van der Waals surface area contributed by atoms with E-state index in [0.29, 0.717) is 32.5 Å². The molecule has 8 heteroatoms. The number of nitrogens with zero attached hydrogens (tertiary/aromatic N) is 1. The fourth-order valence-corrected chi connectivity index (χ4v) is 3.75. The predicted octanol–water partition coefficient (Wildman–Crippen LogP) is 0.314. The number of nitrogens with one attached hydrogen (secondary N) is 2. The van der Waals surface area contributed by atoms with Gasteiger partial charge in [0.2, 0.25) is 15.9 Å². The summed E-state index contributed by atoms with van der Waals surface area (Å²) in [6.45, 7) is 1.60. The van der Waals surface area contributed by atoms with Crippen molar-refractivity contribution in [3.8, 4) is 0 Å². The number of sulfonamides is 1. The molecule has 1 aliphatic heterocycles. The van der Waals surface area contributed by atoms with Crippen LogP contribution in [0.2, 0.25) is 0 Å². The molecule has 0 unspecified atom stereocenters. The molecule has 0 aliphatic carbocycles. The summed E-state index contributed by atoms with van der Waals surface area (Å²) in [7, 11) is -2.13. The first kappa shape index (κ1) is 16.9. The summed E-state index contributed by atoms with van der Waals surface area (Å²) in [4.78, 5) is 13.2. The Bertz CT molecular complexity index is 628. The van der Waals surface area contributed by atoms with Crippen LogP contribution in [0.3, 0.4) is 0 Å². The molecule has 0 saturated carbocycles. The molecule has 1 aromatic carbocycles. The van der Waals surface area contributed by atoms with Crippen LogP contribution in [0, 0.1) is 5.82 Å². The van der Waals surface area contributed by atoms with Gasteiger partial charge in [-0.1, -0.05) is 6.07 Å². The van der Waals surface area contributed by atoms with E-state index in [1.54, 1.807) is 7.05 Å². The average Bonchev–Trinajstić information content (AvgIpc) is 2.49. The predicted molar refractivity (Wildman–Crippen MR) is 80.3 cm³/mol. The van der Waals surface area contributed by atoms with Gasteiger partial charge in [-0.3, -0.25) is 9.69 Å². The molecule has 1 aliphatic rings. The second-order valence-corrected chi connectivity index (χ2v) is 7.02. The fourth-order valence-electron chi connectivity index (χ4n) is 2.41. The molecule has 1 aromatic rings. The first-order valence-electron chi connectivity index (χ1n) is 7.11. The quantitative estimate of drug-likeness (QED) is 0.815. The van der Waals surface area contributed by atoms with Crippen LogP contribution >= 0.6 is 0 Å². The maximum Gasteiger partial charge on any atom is 0.240 e. The van der Waals surface area contributed by atoms with Crippen LogP contribution in [-0.2, 0) is 14.8 Å². The minimum atomic E-state index is -3.72. The van der Waals surface area contributed by atoms with E-state index < -0.39 is 15.8 Å². The first-order chi connectivity index (χ1) is 10.4. The number of carbonyl (C=O) groups is 1. The molecule has 22 heavy (non-hydrogen) atoms. The van der Waals surface area contributed by atoms with Crippen molar-refractivity contribution in [2.24, 2.45) is 0 Å². The smallest absolute Gasteiger partial charge is 0.240 e. The number of likely N-dealkylation sites (N-methyl/N-ethyl adjacent to an activating group) is 1. The molecule has 0 bridgehead atoms. The molecule has 0 aromatic heterocycles. The lowest BCUT2D eigenvalue weighted by molar-refractivity contribution is -0.122. The van der Waals surface area contributed by atoms with Gasteiger partial charge >= 0.3 is 0 Å². The van der Waals surface area contributed by atoms with E-state index in [9.17, 15) is 17.6 Å². The topological polar surface area (TPSA) is 78.5 Å². The minimum Gasteiger partial charge on any atom is -0.358 e. The highest BCUT2D eigenvalue weighted by Gasteiger charge is 2.25. The zero-order valence-corrected chi connectivity index (χ0v) is 13.2. The molecule has 0 radical (unpaired) electrons. The third kappa shape index (κ3) is 4.49. The summed E-state index contributed by atoms with van der Waals surface area (Å²) in [5.74, 6) is -0.637. The zero-order valence-electron chi connectivity index (χ0n) is 12.4. The number of rotatable bonds is 5. The number of hydrogen-bond donors (Lipinski definition) is 2. The van der Waals surface area contributed by atoms with Crippen LogP contribution in [0.15, 0.2) is 29.2 Å². The van der Waals surface area contributed by atoms with Gasteiger partial charge < -0.3 is 5.32 Å². The van der Waals surface area contributed by atoms with Gasteiger partial charge in [-0.2, -0.15) is 0 Å². The molecule has 2 rings (SSSR count). The van der Waals surface area contributed by atoms with Gasteiger partial charge in [0.1, 0.15) is 5.82 Å². The van der Waals surface area contributed by atoms with Crippen LogP contribution < -0.4 is 10.0 Å². The lowest BCUT2D eigenvalue weighted by atomic mass is 10.1. The van der Waals surface area contributed by atoms with Gasteiger partial charge in [-0.15, -0.1) is 0 Å². The second-order valence-electron chi connectivity index (χ2n) is 5.30. The normalized spacial score (nSPS) is 17.4. The van der Waals surface area contributed by atoms with Crippen molar-refractivity contribution in [3.05, 3.63) is 30.1 Å². The van der Waals surface area contributed by atoms with Crippen LogP contribution in [0.25, 0.3) is 0 Å². The van der Waals surface area contributed by atoms with Crippen LogP contribution in [0.1, 0.15) is 12.8 Å². The highest BCUT2D eigenvalue weighted by Crippen LogP contribution is 2.15. The van der Waals surface area contributed by atoms with Crippen molar-refractivity contribution < 1.29 is 17.6 Å². The highest BCUT2D eigenvalue weighted by atomic mass is 32.2. The molecular formula is C14H20FN3O3S. The Labute approximate surface area is 129 Å². The molecule has 1 heterocycles. The number of likely N-dealkylation sites (tertiary alicyclic amines) is 1. The van der Waals surface area contributed by atoms with E-state index in [0.717, 1.165) is 6.07 Å². The van der Waals surface area contributed by atoms with Crippen molar-refractivity contribution in [2.45, 2.75) is 23.8 Å². The molecule has 0 spiro atoms. The van der Waals surface area contributed by atoms with Crippen LogP contribution in [0.4, 0.5) is 4.39 Å². The fraction of sp³-hybridized carbons (Fsp3) is 0.500. The molecule has 6 nitrogen and oxygen atoms in total. The van der Waals surface area contributed by atoms with Crippen molar-refractivity contribution in [1.82, 2.24) is 14.9 Å². The zero-order chi connectivity index (χ0) is 16.2. The van der Waals surface area contributed by atoms with Crippen molar-refractivity contribution in [2.75, 3.05) is 26.7 Å². The summed E-state index contributed by atoms with van der Waals surface area (Å²) < 4.78 is 40.2. The number of piperidine rings is 1. The first-order valence-corrected chi connectivity index (χ1v) is 8.60. The highest BCUT2D eigenvalue weighted by molar-refractivity contribution is 7.89. The standard InChI is InChI=1S/C14H20FN3O3S/c1-16-14(19)10-18-7-5-12(6-8-18)17-22(20,21)13-4-2-3-11(15)9-13/h2-4,9,12,17H,5-8,10H2,1H3,(H,16,19). The lowest BCUT2D eigenvalue weighted by Gasteiger charge is -2.31. The number of halogens is 1. The summed E-state index contributed by atoms with van der Waals surface area (Å²) in [5.41, 5.74) is 0. The Morgan fingerprint density at radius 1 is 1.36 bits per heavy atom. The summed E-state index contributed by atoms with van der Waals surface area (Å²) in [6.07, 6.45) is 1.23. The lowest BCUT2D eigenvalue weighted by Crippen LogP contribution is -2.47. The SMILES string of the molecule is CNC(=O)CN1CCC(NS(=O)(=O)c2cccc(F)c2)CC1. The van der Waals surface area contributed by atoms with Crippen molar-refractivity contribution in [3.63, 3.8) is 0 Å². The largest absolute Gasteiger partial charge is 0.358 e. The Kier molecular flexibility index (Phi) is 5.49.